The van der Waals surface area contributed by atoms with Gasteiger partial charge < -0.3 is 4.42 Å². The number of hydrogen-bond donors (Lipinski definition) is 0. The number of aryl methyl sites for hydroxylation is 1. The highest BCUT2D eigenvalue weighted by Crippen LogP contribution is 2.48. The summed E-state index contributed by atoms with van der Waals surface area (Å²) in [5.74, 6) is -0.170. The van der Waals surface area contributed by atoms with Crippen LogP contribution in [0.1, 0.15) is 17.4 Å². The summed E-state index contributed by atoms with van der Waals surface area (Å²) in [5, 5.41) is 1.64. The lowest BCUT2D eigenvalue weighted by Crippen LogP contribution is -2.37. The van der Waals surface area contributed by atoms with E-state index in [9.17, 15) is 9.59 Å². The van der Waals surface area contributed by atoms with Crippen LogP contribution in [0.2, 0.25) is 0 Å². The minimum absolute atomic E-state index is 0.297. The van der Waals surface area contributed by atoms with Crippen LogP contribution in [0.15, 0.2) is 99.9 Å². The molecular formula is C28H21BrN2O4. The summed E-state index contributed by atoms with van der Waals surface area (Å²) in [5.41, 5.74) is 3.25. The summed E-state index contributed by atoms with van der Waals surface area (Å²) in [6, 6.07) is 27.8. The Morgan fingerprint density at radius 3 is 2.20 bits per heavy atom. The Morgan fingerprint density at radius 1 is 0.771 bits per heavy atom. The molecule has 4 aromatic rings. The van der Waals surface area contributed by atoms with Crippen LogP contribution in [0.5, 0.6) is 0 Å². The van der Waals surface area contributed by atoms with Gasteiger partial charge >= 0.3 is 0 Å². The molecule has 2 fully saturated rings. The summed E-state index contributed by atoms with van der Waals surface area (Å²) in [6.07, 6.45) is -0.935. The first kappa shape index (κ1) is 21.8. The monoisotopic (exact) mass is 528 g/mol. The third-order valence-electron chi connectivity index (χ3n) is 6.47. The Bertz CT molecular complexity index is 1400. The van der Waals surface area contributed by atoms with Gasteiger partial charge in [-0.05, 0) is 55.5 Å². The van der Waals surface area contributed by atoms with Crippen molar-refractivity contribution in [1.82, 2.24) is 0 Å². The molecule has 2 aliphatic rings. The third-order valence-corrected chi connectivity index (χ3v) is 6.99. The maximum absolute atomic E-state index is 13.7. The Balaban J connectivity index is 1.41. The van der Waals surface area contributed by atoms with Gasteiger partial charge in [0.15, 0.2) is 6.10 Å². The zero-order valence-electron chi connectivity index (χ0n) is 18.8. The van der Waals surface area contributed by atoms with Crippen molar-refractivity contribution >= 4 is 39.1 Å². The summed E-state index contributed by atoms with van der Waals surface area (Å²) in [6.45, 7) is 1.96. The Labute approximate surface area is 210 Å². The fourth-order valence-corrected chi connectivity index (χ4v) is 5.00. The van der Waals surface area contributed by atoms with Gasteiger partial charge in [0.1, 0.15) is 23.5 Å². The Kier molecular flexibility index (Phi) is 5.31. The number of imide groups is 1. The molecule has 2 saturated heterocycles. The highest BCUT2D eigenvalue weighted by molar-refractivity contribution is 9.10. The van der Waals surface area contributed by atoms with E-state index in [1.54, 1.807) is 17.2 Å². The maximum Gasteiger partial charge on any atom is 0.266 e. The predicted molar refractivity (Wildman–Crippen MR) is 136 cm³/mol. The van der Waals surface area contributed by atoms with Gasteiger partial charge in [-0.1, -0.05) is 64.0 Å². The van der Waals surface area contributed by atoms with E-state index >= 15 is 0 Å². The van der Waals surface area contributed by atoms with Crippen molar-refractivity contribution in [3.05, 3.63) is 107 Å². The Hall–Kier alpha value is -3.68. The number of nitrogens with zero attached hydrogens (tertiary/aromatic N) is 2. The van der Waals surface area contributed by atoms with E-state index in [0.717, 1.165) is 21.3 Å². The predicted octanol–water partition coefficient (Wildman–Crippen LogP) is 6.07. The summed E-state index contributed by atoms with van der Waals surface area (Å²) >= 11 is 3.45. The molecule has 7 heteroatoms. The number of rotatable bonds is 4. The molecule has 174 valence electrons. The molecule has 3 heterocycles. The van der Waals surface area contributed by atoms with Crippen molar-refractivity contribution < 1.29 is 18.8 Å². The molecule has 2 amide bonds. The van der Waals surface area contributed by atoms with Crippen LogP contribution in [-0.4, -0.2) is 17.9 Å². The van der Waals surface area contributed by atoms with Gasteiger partial charge in [0, 0.05) is 10.0 Å². The highest BCUT2D eigenvalue weighted by atomic mass is 79.9. The smallest absolute Gasteiger partial charge is 0.266 e. The summed E-state index contributed by atoms with van der Waals surface area (Å²) in [4.78, 5) is 34.5. The normalized spacial score (nSPS) is 21.6. The molecule has 2 aliphatic heterocycles. The molecule has 0 aliphatic carbocycles. The van der Waals surface area contributed by atoms with Crippen LogP contribution in [0, 0.1) is 12.8 Å². The lowest BCUT2D eigenvalue weighted by molar-refractivity contribution is -0.126. The zero-order chi connectivity index (χ0) is 24.1. The molecule has 0 unspecified atom stereocenters. The standard InChI is InChI=1S/C28H21BrN2O4/c1-17-7-13-20(14-8-17)30-27(32)24-25(23-16-15-22(34-23)18-9-11-19(29)12-10-18)31(35-26(24)28(30)33)21-5-3-2-4-6-21/h2-16,24-26H,1H3/t24-,25-,26-/m1/s1. The van der Waals surface area contributed by atoms with E-state index in [4.69, 9.17) is 9.25 Å². The van der Waals surface area contributed by atoms with Crippen molar-refractivity contribution in [2.75, 3.05) is 9.96 Å². The van der Waals surface area contributed by atoms with E-state index in [2.05, 4.69) is 15.9 Å². The fraction of sp³-hybridized carbons (Fsp3) is 0.143. The number of hydroxylamine groups is 1. The second kappa shape index (κ2) is 8.52. The number of fused-ring (bicyclic) bond motifs is 1. The van der Waals surface area contributed by atoms with Crippen LogP contribution in [0.3, 0.4) is 0 Å². The van der Waals surface area contributed by atoms with Crippen LogP contribution in [0.4, 0.5) is 11.4 Å². The van der Waals surface area contributed by atoms with Crippen LogP contribution < -0.4 is 9.96 Å². The molecule has 0 saturated carbocycles. The van der Waals surface area contributed by atoms with Gasteiger partial charge in [-0.3, -0.25) is 14.4 Å². The van der Waals surface area contributed by atoms with Crippen LogP contribution in [-0.2, 0) is 14.4 Å². The molecule has 0 bridgehead atoms. The number of benzene rings is 3. The maximum atomic E-state index is 13.7. The molecule has 0 radical (unpaired) electrons. The second-order valence-electron chi connectivity index (χ2n) is 8.71. The van der Waals surface area contributed by atoms with Crippen LogP contribution in [0.25, 0.3) is 11.3 Å². The molecule has 6 rings (SSSR count). The summed E-state index contributed by atoms with van der Waals surface area (Å²) in [7, 11) is 0. The second-order valence-corrected chi connectivity index (χ2v) is 9.63. The summed E-state index contributed by atoms with van der Waals surface area (Å²) < 4.78 is 7.25. The lowest BCUT2D eigenvalue weighted by Gasteiger charge is -2.27. The minimum atomic E-state index is -0.935. The number of carbonyl (C=O) groups is 2. The van der Waals surface area contributed by atoms with Crippen molar-refractivity contribution in [2.24, 2.45) is 5.92 Å². The van der Waals surface area contributed by atoms with E-state index < -0.39 is 18.1 Å². The van der Waals surface area contributed by atoms with Crippen molar-refractivity contribution in [3.8, 4) is 11.3 Å². The van der Waals surface area contributed by atoms with E-state index in [0.29, 0.717) is 17.2 Å². The molecule has 3 aromatic carbocycles. The Morgan fingerprint density at radius 2 is 1.49 bits per heavy atom. The quantitative estimate of drug-likeness (QED) is 0.301. The molecular weight excluding hydrogens is 508 g/mol. The lowest BCUT2D eigenvalue weighted by atomic mass is 9.94. The van der Waals surface area contributed by atoms with Crippen molar-refractivity contribution in [2.45, 2.75) is 19.1 Å². The molecule has 3 atom stereocenters. The number of para-hydroxylation sites is 1. The minimum Gasteiger partial charge on any atom is -0.459 e. The number of amides is 2. The first-order chi connectivity index (χ1) is 17.0. The van der Waals surface area contributed by atoms with E-state index in [1.807, 2.05) is 85.8 Å². The number of halogens is 1. The SMILES string of the molecule is Cc1ccc(N2C(=O)[C@@H]3[C@@H](c4ccc(-c5ccc(Br)cc5)o4)N(c4ccccc4)O[C@H]3C2=O)cc1. The van der Waals surface area contributed by atoms with Gasteiger partial charge in [0.05, 0.1) is 11.4 Å². The average Bonchev–Trinajstić information content (AvgIpc) is 3.56. The first-order valence-electron chi connectivity index (χ1n) is 11.3. The largest absolute Gasteiger partial charge is 0.459 e. The molecule has 35 heavy (non-hydrogen) atoms. The van der Waals surface area contributed by atoms with Gasteiger partial charge in [-0.25, -0.2) is 9.96 Å². The van der Waals surface area contributed by atoms with Crippen molar-refractivity contribution in [3.63, 3.8) is 0 Å². The van der Waals surface area contributed by atoms with Gasteiger partial charge in [-0.2, -0.15) is 0 Å². The average molecular weight is 529 g/mol. The molecule has 0 spiro atoms. The highest BCUT2D eigenvalue weighted by Gasteiger charge is 2.61. The molecule has 6 nitrogen and oxygen atoms in total. The third kappa shape index (κ3) is 3.68. The van der Waals surface area contributed by atoms with Crippen molar-refractivity contribution in [1.29, 1.82) is 0 Å². The molecule has 0 N–H and O–H groups in total. The van der Waals surface area contributed by atoms with E-state index in [-0.39, 0.29) is 11.8 Å². The first-order valence-corrected chi connectivity index (χ1v) is 12.1. The fourth-order valence-electron chi connectivity index (χ4n) is 4.73. The topological polar surface area (TPSA) is 63.0 Å². The molecule has 1 aromatic heterocycles. The van der Waals surface area contributed by atoms with E-state index in [1.165, 1.54) is 4.90 Å². The van der Waals surface area contributed by atoms with Gasteiger partial charge in [0.2, 0.25) is 5.91 Å². The van der Waals surface area contributed by atoms with Gasteiger partial charge in [0.25, 0.3) is 5.91 Å². The number of hydrogen-bond acceptors (Lipinski definition) is 5. The number of carbonyl (C=O) groups excluding carboxylic acids is 2. The number of furan rings is 1. The zero-order valence-corrected chi connectivity index (χ0v) is 20.4. The number of anilines is 2. The van der Waals surface area contributed by atoms with Crippen LogP contribution >= 0.6 is 15.9 Å². The van der Waals surface area contributed by atoms with Gasteiger partial charge in [-0.15, -0.1) is 0 Å².